The molecule has 0 heterocycles. The minimum atomic E-state index is -0.0844. The Kier molecular flexibility index (Phi) is 3.50. The third kappa shape index (κ3) is 1.97. The van der Waals surface area contributed by atoms with Gasteiger partial charge in [0.15, 0.2) is 0 Å². The van der Waals surface area contributed by atoms with Crippen LogP contribution in [0.15, 0.2) is 0 Å². The van der Waals surface area contributed by atoms with E-state index in [9.17, 15) is 5.11 Å². The van der Waals surface area contributed by atoms with E-state index >= 15 is 0 Å². The number of aliphatic hydroxyl groups is 1. The van der Waals surface area contributed by atoms with Crippen LogP contribution in [0.4, 0.5) is 0 Å². The van der Waals surface area contributed by atoms with Crippen molar-refractivity contribution in [2.45, 2.75) is 37.3 Å². The summed E-state index contributed by atoms with van der Waals surface area (Å²) in [6.07, 6.45) is 4.56. The molecule has 0 bridgehead atoms. The molecule has 0 aromatic heterocycles. The zero-order valence-electron chi connectivity index (χ0n) is 7.97. The number of nitrogens with one attached hydrogen (secondary N) is 1. The average Bonchev–Trinajstić information content (AvgIpc) is 2.18. The maximum absolute atomic E-state index is 9.24. The van der Waals surface area contributed by atoms with Gasteiger partial charge in [0.05, 0.1) is 12.7 Å². The van der Waals surface area contributed by atoms with Gasteiger partial charge in [0, 0.05) is 12.6 Å². The Bertz CT molecular complexity index is 134. The molecule has 72 valence electrons. The standard InChI is InChI=1S/C9H19NO2/c1-10-9(7-11)5-3-4-8(6-9)12-2/h8,10-11H,3-7H2,1-2H3. The minimum absolute atomic E-state index is 0.0844. The lowest BCUT2D eigenvalue weighted by atomic mass is 9.81. The number of methoxy groups -OCH3 is 1. The second-order valence-electron chi connectivity index (χ2n) is 3.64. The molecule has 3 nitrogen and oxygen atoms in total. The zero-order valence-corrected chi connectivity index (χ0v) is 7.97. The summed E-state index contributed by atoms with van der Waals surface area (Å²) in [5, 5.41) is 12.4. The molecule has 1 aliphatic rings. The summed E-state index contributed by atoms with van der Waals surface area (Å²) in [4.78, 5) is 0. The van der Waals surface area contributed by atoms with Gasteiger partial charge in [0.25, 0.3) is 0 Å². The van der Waals surface area contributed by atoms with E-state index in [-0.39, 0.29) is 12.1 Å². The minimum Gasteiger partial charge on any atom is -0.394 e. The fourth-order valence-electron chi connectivity index (χ4n) is 1.96. The molecular weight excluding hydrogens is 154 g/mol. The monoisotopic (exact) mass is 173 g/mol. The van der Waals surface area contributed by atoms with Gasteiger partial charge in [-0.25, -0.2) is 0 Å². The smallest absolute Gasteiger partial charge is 0.0614 e. The average molecular weight is 173 g/mol. The van der Waals surface area contributed by atoms with Gasteiger partial charge >= 0.3 is 0 Å². The van der Waals surface area contributed by atoms with Crippen LogP contribution in [-0.4, -0.2) is 37.5 Å². The van der Waals surface area contributed by atoms with Crippen molar-refractivity contribution in [2.75, 3.05) is 20.8 Å². The lowest BCUT2D eigenvalue weighted by Crippen LogP contribution is -2.51. The summed E-state index contributed by atoms with van der Waals surface area (Å²) in [6.45, 7) is 0.212. The van der Waals surface area contributed by atoms with E-state index in [1.807, 2.05) is 7.05 Å². The summed E-state index contributed by atoms with van der Waals surface area (Å²) in [5.74, 6) is 0. The molecule has 2 N–H and O–H groups in total. The van der Waals surface area contributed by atoms with Crippen molar-refractivity contribution in [1.29, 1.82) is 0 Å². The van der Waals surface area contributed by atoms with Gasteiger partial charge in [-0.1, -0.05) is 0 Å². The Hall–Kier alpha value is -0.120. The predicted molar refractivity (Wildman–Crippen MR) is 48.1 cm³/mol. The molecule has 0 radical (unpaired) electrons. The number of rotatable bonds is 3. The Labute approximate surface area is 74.1 Å². The molecule has 0 amide bonds. The van der Waals surface area contributed by atoms with Gasteiger partial charge in [-0.3, -0.25) is 0 Å². The van der Waals surface area contributed by atoms with Gasteiger partial charge in [-0.2, -0.15) is 0 Å². The summed E-state index contributed by atoms with van der Waals surface area (Å²) in [5.41, 5.74) is -0.0844. The predicted octanol–water partition coefficient (Wildman–Crippen LogP) is 0.526. The SMILES string of the molecule is CNC1(CO)CCCC(OC)C1. The van der Waals surface area contributed by atoms with Crippen molar-refractivity contribution < 1.29 is 9.84 Å². The highest BCUT2D eigenvalue weighted by molar-refractivity contribution is 4.92. The molecule has 0 aromatic carbocycles. The molecule has 3 heteroatoms. The molecule has 0 aromatic rings. The third-order valence-corrected chi connectivity index (χ3v) is 2.97. The first kappa shape index (κ1) is 9.96. The van der Waals surface area contributed by atoms with Crippen LogP contribution in [-0.2, 0) is 4.74 Å². The van der Waals surface area contributed by atoms with Crippen LogP contribution < -0.4 is 5.32 Å². The highest BCUT2D eigenvalue weighted by atomic mass is 16.5. The van der Waals surface area contributed by atoms with E-state index in [0.717, 1.165) is 25.7 Å². The normalized spacial score (nSPS) is 36.8. The van der Waals surface area contributed by atoms with Crippen molar-refractivity contribution >= 4 is 0 Å². The van der Waals surface area contributed by atoms with Crippen LogP contribution in [0.25, 0.3) is 0 Å². The van der Waals surface area contributed by atoms with Gasteiger partial charge in [-0.15, -0.1) is 0 Å². The number of hydrogen-bond donors (Lipinski definition) is 2. The molecule has 1 aliphatic carbocycles. The van der Waals surface area contributed by atoms with Crippen LogP contribution in [0.3, 0.4) is 0 Å². The van der Waals surface area contributed by atoms with Crippen LogP contribution >= 0.6 is 0 Å². The third-order valence-electron chi connectivity index (χ3n) is 2.97. The van der Waals surface area contributed by atoms with Crippen LogP contribution in [0.1, 0.15) is 25.7 Å². The second kappa shape index (κ2) is 4.21. The van der Waals surface area contributed by atoms with Crippen LogP contribution in [0, 0.1) is 0 Å². The molecule has 2 unspecified atom stereocenters. The maximum atomic E-state index is 9.24. The first-order valence-corrected chi connectivity index (χ1v) is 4.59. The van der Waals surface area contributed by atoms with Crippen LogP contribution in [0.2, 0.25) is 0 Å². The maximum Gasteiger partial charge on any atom is 0.0614 e. The van der Waals surface area contributed by atoms with Crippen molar-refractivity contribution in [3.8, 4) is 0 Å². The number of likely N-dealkylation sites (N-methyl/N-ethyl adjacent to an activating group) is 1. The molecule has 12 heavy (non-hydrogen) atoms. The first-order valence-electron chi connectivity index (χ1n) is 4.59. The Morgan fingerprint density at radius 3 is 2.92 bits per heavy atom. The topological polar surface area (TPSA) is 41.5 Å². The summed E-state index contributed by atoms with van der Waals surface area (Å²) in [6, 6.07) is 0. The number of hydrogen-bond acceptors (Lipinski definition) is 3. The summed E-state index contributed by atoms with van der Waals surface area (Å²) < 4.78 is 5.30. The molecule has 0 saturated heterocycles. The van der Waals surface area contributed by atoms with Crippen molar-refractivity contribution in [2.24, 2.45) is 0 Å². The van der Waals surface area contributed by atoms with Crippen LogP contribution in [0.5, 0.6) is 0 Å². The lowest BCUT2D eigenvalue weighted by Gasteiger charge is -2.38. The van der Waals surface area contributed by atoms with E-state index in [1.54, 1.807) is 7.11 Å². The molecular formula is C9H19NO2. The van der Waals surface area contributed by atoms with Gasteiger partial charge in [-0.05, 0) is 32.7 Å². The highest BCUT2D eigenvalue weighted by Gasteiger charge is 2.34. The molecule has 0 spiro atoms. The highest BCUT2D eigenvalue weighted by Crippen LogP contribution is 2.29. The van der Waals surface area contributed by atoms with Gasteiger partial charge < -0.3 is 15.2 Å². The fourth-order valence-corrected chi connectivity index (χ4v) is 1.96. The molecule has 2 atom stereocenters. The van der Waals surface area contributed by atoms with Gasteiger partial charge in [0.1, 0.15) is 0 Å². The lowest BCUT2D eigenvalue weighted by molar-refractivity contribution is 0.0127. The van der Waals surface area contributed by atoms with E-state index in [1.165, 1.54) is 0 Å². The quantitative estimate of drug-likeness (QED) is 0.654. The first-order chi connectivity index (χ1) is 5.76. The largest absolute Gasteiger partial charge is 0.394 e. The van der Waals surface area contributed by atoms with Crippen molar-refractivity contribution in [3.05, 3.63) is 0 Å². The second-order valence-corrected chi connectivity index (χ2v) is 3.64. The Morgan fingerprint density at radius 1 is 1.67 bits per heavy atom. The van der Waals surface area contributed by atoms with E-state index in [0.29, 0.717) is 6.10 Å². The zero-order chi connectivity index (χ0) is 9.03. The van der Waals surface area contributed by atoms with E-state index in [4.69, 9.17) is 4.74 Å². The van der Waals surface area contributed by atoms with E-state index < -0.39 is 0 Å². The number of ether oxygens (including phenoxy) is 1. The molecule has 1 saturated carbocycles. The molecule has 0 aliphatic heterocycles. The number of aliphatic hydroxyl groups excluding tert-OH is 1. The van der Waals surface area contributed by atoms with Crippen molar-refractivity contribution in [3.63, 3.8) is 0 Å². The van der Waals surface area contributed by atoms with E-state index in [2.05, 4.69) is 5.32 Å². The Balaban J connectivity index is 2.52. The fraction of sp³-hybridized carbons (Fsp3) is 1.00. The molecule has 1 fully saturated rings. The Morgan fingerprint density at radius 2 is 2.42 bits per heavy atom. The summed E-state index contributed by atoms with van der Waals surface area (Å²) in [7, 11) is 3.65. The summed E-state index contributed by atoms with van der Waals surface area (Å²) >= 11 is 0. The molecule has 1 rings (SSSR count). The van der Waals surface area contributed by atoms with Crippen molar-refractivity contribution in [1.82, 2.24) is 5.32 Å². The van der Waals surface area contributed by atoms with Gasteiger partial charge in [0.2, 0.25) is 0 Å².